The summed E-state index contributed by atoms with van der Waals surface area (Å²) in [4.78, 5) is 28.6. The average Bonchev–Trinajstić information content (AvgIpc) is 2.82. The number of halogens is 1. The van der Waals surface area contributed by atoms with Gasteiger partial charge in [0, 0.05) is 24.1 Å². The van der Waals surface area contributed by atoms with Crippen molar-refractivity contribution in [3.05, 3.63) is 101 Å². The maximum absolute atomic E-state index is 14.7. The highest BCUT2D eigenvalue weighted by molar-refractivity contribution is 5.89. The lowest BCUT2D eigenvalue weighted by Crippen LogP contribution is -2.55. The van der Waals surface area contributed by atoms with Crippen LogP contribution in [0.2, 0.25) is 0 Å². The van der Waals surface area contributed by atoms with E-state index < -0.39 is 23.3 Å². The summed E-state index contributed by atoms with van der Waals surface area (Å²) in [7, 11) is 0. The van der Waals surface area contributed by atoms with Crippen LogP contribution in [0.4, 0.5) is 4.39 Å². The number of ether oxygens (including phenoxy) is 1. The normalized spacial score (nSPS) is 12.1. The predicted octanol–water partition coefficient (Wildman–Crippen LogP) is 5.38. The number of nitrogens with zero attached hydrogens (tertiary/aromatic N) is 1. The molecule has 0 saturated carbocycles. The Morgan fingerprint density at radius 2 is 1.64 bits per heavy atom. The lowest BCUT2D eigenvalue weighted by atomic mass is 10.0. The van der Waals surface area contributed by atoms with Crippen molar-refractivity contribution in [2.75, 3.05) is 6.61 Å². The van der Waals surface area contributed by atoms with Gasteiger partial charge < -0.3 is 15.0 Å². The summed E-state index contributed by atoms with van der Waals surface area (Å²) >= 11 is 0. The first-order valence-electron chi connectivity index (χ1n) is 12.1. The van der Waals surface area contributed by atoms with E-state index >= 15 is 0 Å². The standard InChI is InChI=1S/C30H35FN2O3/c1-21-15-16-22(2)27(17-21)36-20-28(34)33(19-24-13-9-10-14-25(24)31)26(29(35)32-30(3,4)5)18-23-11-7-6-8-12-23/h6-17,26H,18-20H2,1-5H3,(H,32,35)/t26-/m0/s1. The Bertz CT molecular complexity index is 1190. The molecule has 0 fully saturated rings. The molecule has 0 unspecified atom stereocenters. The smallest absolute Gasteiger partial charge is 0.261 e. The summed E-state index contributed by atoms with van der Waals surface area (Å²) < 4.78 is 20.5. The molecule has 1 atom stereocenters. The second kappa shape index (κ2) is 11.8. The fourth-order valence-electron chi connectivity index (χ4n) is 3.90. The number of nitrogens with one attached hydrogen (secondary N) is 1. The van der Waals surface area contributed by atoms with Crippen LogP contribution in [-0.2, 0) is 22.6 Å². The molecule has 0 aliphatic rings. The zero-order chi connectivity index (χ0) is 26.3. The first kappa shape index (κ1) is 26.9. The van der Waals surface area contributed by atoms with Gasteiger partial charge in [-0.3, -0.25) is 9.59 Å². The van der Waals surface area contributed by atoms with Gasteiger partial charge in [0.2, 0.25) is 5.91 Å². The summed E-state index contributed by atoms with van der Waals surface area (Å²) in [5, 5.41) is 3.00. The third kappa shape index (κ3) is 7.67. The van der Waals surface area contributed by atoms with Crippen LogP contribution in [-0.4, -0.2) is 34.9 Å². The van der Waals surface area contributed by atoms with Crippen LogP contribution in [0.25, 0.3) is 0 Å². The van der Waals surface area contributed by atoms with Crippen molar-refractivity contribution in [2.24, 2.45) is 0 Å². The van der Waals surface area contributed by atoms with E-state index in [4.69, 9.17) is 4.74 Å². The highest BCUT2D eigenvalue weighted by Gasteiger charge is 2.33. The first-order chi connectivity index (χ1) is 17.0. The molecule has 2 amide bonds. The van der Waals surface area contributed by atoms with Gasteiger partial charge in [-0.25, -0.2) is 4.39 Å². The van der Waals surface area contributed by atoms with Gasteiger partial charge >= 0.3 is 0 Å². The summed E-state index contributed by atoms with van der Waals surface area (Å²) in [5.74, 6) is -0.527. The molecule has 5 nitrogen and oxygen atoms in total. The second-order valence-electron chi connectivity index (χ2n) is 10.1. The van der Waals surface area contributed by atoms with E-state index in [0.717, 1.165) is 16.7 Å². The monoisotopic (exact) mass is 490 g/mol. The minimum Gasteiger partial charge on any atom is -0.483 e. The van der Waals surface area contributed by atoms with Crippen molar-refractivity contribution in [1.29, 1.82) is 0 Å². The minimum absolute atomic E-state index is 0.0588. The molecule has 6 heteroatoms. The van der Waals surface area contributed by atoms with Crippen molar-refractivity contribution in [1.82, 2.24) is 10.2 Å². The summed E-state index contributed by atoms with van der Waals surface area (Å²) in [6.45, 7) is 9.19. The van der Waals surface area contributed by atoms with Crippen LogP contribution in [0, 0.1) is 19.7 Å². The number of hydrogen-bond donors (Lipinski definition) is 1. The van der Waals surface area contributed by atoms with E-state index in [9.17, 15) is 14.0 Å². The number of hydrogen-bond acceptors (Lipinski definition) is 3. The topological polar surface area (TPSA) is 58.6 Å². The maximum atomic E-state index is 14.7. The Labute approximate surface area is 213 Å². The third-order valence-corrected chi connectivity index (χ3v) is 5.76. The van der Waals surface area contributed by atoms with Crippen LogP contribution < -0.4 is 10.1 Å². The second-order valence-corrected chi connectivity index (χ2v) is 10.1. The molecule has 3 rings (SSSR count). The lowest BCUT2D eigenvalue weighted by molar-refractivity contribution is -0.143. The molecule has 0 radical (unpaired) electrons. The van der Waals surface area contributed by atoms with Crippen molar-refractivity contribution in [3.8, 4) is 5.75 Å². The van der Waals surface area contributed by atoms with Crippen molar-refractivity contribution in [2.45, 2.75) is 59.2 Å². The number of benzene rings is 3. The molecule has 190 valence electrons. The van der Waals surface area contributed by atoms with Crippen LogP contribution in [0.15, 0.2) is 72.8 Å². The largest absolute Gasteiger partial charge is 0.483 e. The molecular formula is C30H35FN2O3. The molecule has 3 aromatic rings. The van der Waals surface area contributed by atoms with Gasteiger partial charge in [0.25, 0.3) is 5.91 Å². The highest BCUT2D eigenvalue weighted by Crippen LogP contribution is 2.21. The van der Waals surface area contributed by atoms with Crippen LogP contribution >= 0.6 is 0 Å². The number of aryl methyl sites for hydroxylation is 2. The molecule has 0 saturated heterocycles. The van der Waals surface area contributed by atoms with Gasteiger partial charge in [0.05, 0.1) is 0 Å². The summed E-state index contributed by atoms with van der Waals surface area (Å²) in [6, 6.07) is 20.7. The number of rotatable bonds is 9. The Hall–Kier alpha value is -3.67. The molecule has 36 heavy (non-hydrogen) atoms. The van der Waals surface area contributed by atoms with Gasteiger partial charge in [-0.1, -0.05) is 60.7 Å². The maximum Gasteiger partial charge on any atom is 0.261 e. The Kier molecular flexibility index (Phi) is 8.86. The Morgan fingerprint density at radius 1 is 0.972 bits per heavy atom. The van der Waals surface area contributed by atoms with E-state index in [2.05, 4.69) is 5.32 Å². The van der Waals surface area contributed by atoms with E-state index in [1.54, 1.807) is 18.2 Å². The molecule has 1 N–H and O–H groups in total. The molecule has 0 aliphatic heterocycles. The van der Waals surface area contributed by atoms with Gasteiger partial charge in [-0.15, -0.1) is 0 Å². The number of amides is 2. The van der Waals surface area contributed by atoms with Crippen molar-refractivity contribution >= 4 is 11.8 Å². The molecule has 3 aromatic carbocycles. The SMILES string of the molecule is Cc1ccc(C)c(OCC(=O)N(Cc2ccccc2F)[C@@H](Cc2ccccc2)C(=O)NC(C)(C)C)c1. The zero-order valence-corrected chi connectivity index (χ0v) is 21.7. The zero-order valence-electron chi connectivity index (χ0n) is 21.7. The van der Waals surface area contributed by atoms with Crippen LogP contribution in [0.3, 0.4) is 0 Å². The molecule has 0 aliphatic carbocycles. The average molecular weight is 491 g/mol. The van der Waals surface area contributed by atoms with Gasteiger partial charge in [0.1, 0.15) is 17.6 Å². The molecule has 0 bridgehead atoms. The van der Waals surface area contributed by atoms with Crippen molar-refractivity contribution < 1.29 is 18.7 Å². The highest BCUT2D eigenvalue weighted by atomic mass is 19.1. The van der Waals surface area contributed by atoms with Crippen LogP contribution in [0.5, 0.6) is 5.75 Å². The fourth-order valence-corrected chi connectivity index (χ4v) is 3.90. The van der Waals surface area contributed by atoms with Crippen molar-refractivity contribution in [3.63, 3.8) is 0 Å². The molecule has 0 spiro atoms. The van der Waals surface area contributed by atoms with Gasteiger partial charge in [-0.2, -0.15) is 0 Å². The first-order valence-corrected chi connectivity index (χ1v) is 12.1. The summed E-state index contributed by atoms with van der Waals surface area (Å²) in [6.07, 6.45) is 0.284. The molecule has 0 aromatic heterocycles. The lowest BCUT2D eigenvalue weighted by Gasteiger charge is -2.34. The quantitative estimate of drug-likeness (QED) is 0.438. The van der Waals surface area contributed by atoms with Gasteiger partial charge in [0.15, 0.2) is 6.61 Å². The Balaban J connectivity index is 1.96. The fraction of sp³-hybridized carbons (Fsp3) is 0.333. The van der Waals surface area contributed by atoms with E-state index in [1.165, 1.54) is 11.0 Å². The number of carbonyl (C=O) groups is 2. The third-order valence-electron chi connectivity index (χ3n) is 5.76. The number of carbonyl (C=O) groups excluding carboxylic acids is 2. The predicted molar refractivity (Wildman–Crippen MR) is 140 cm³/mol. The van der Waals surface area contributed by atoms with Gasteiger partial charge in [-0.05, 0) is 63.4 Å². The van der Waals surface area contributed by atoms with E-state index in [-0.39, 0.29) is 25.5 Å². The van der Waals surface area contributed by atoms with Crippen LogP contribution in [0.1, 0.15) is 43.0 Å². The Morgan fingerprint density at radius 3 is 2.31 bits per heavy atom. The molecule has 0 heterocycles. The van der Waals surface area contributed by atoms with E-state index in [1.807, 2.05) is 83.1 Å². The van der Waals surface area contributed by atoms with E-state index in [0.29, 0.717) is 11.3 Å². The minimum atomic E-state index is -0.860. The summed E-state index contributed by atoms with van der Waals surface area (Å²) in [5.41, 5.74) is 2.64. The molecular weight excluding hydrogens is 455 g/mol.